The van der Waals surface area contributed by atoms with Crippen LogP contribution in [0.5, 0.6) is 0 Å². The standard InChI is InChI=1S/C13H19N3O2/c1-8-5-9(2)16(15-8)7-13(17)14-11-6-12-10(11)3-4-18-12/h5,10-12H,3-4,6-7H2,1-2H3,(H,14,17)/t10-,11+,12+/m1/s1. The first kappa shape index (κ1) is 11.7. The van der Waals surface area contributed by atoms with Gasteiger partial charge in [0.05, 0.1) is 11.8 Å². The van der Waals surface area contributed by atoms with Crippen LogP contribution in [-0.4, -0.2) is 34.4 Å². The molecule has 1 saturated heterocycles. The second-order valence-corrected chi connectivity index (χ2v) is 5.36. The van der Waals surface area contributed by atoms with Gasteiger partial charge in [-0.2, -0.15) is 5.10 Å². The lowest BCUT2D eigenvalue weighted by atomic mass is 9.76. The fourth-order valence-electron chi connectivity index (χ4n) is 2.99. The van der Waals surface area contributed by atoms with Crippen LogP contribution in [0.25, 0.3) is 0 Å². The van der Waals surface area contributed by atoms with Crippen LogP contribution in [0.2, 0.25) is 0 Å². The summed E-state index contributed by atoms with van der Waals surface area (Å²) in [5, 5.41) is 7.39. The Bertz CT molecular complexity index is 469. The molecule has 3 atom stereocenters. The maximum Gasteiger partial charge on any atom is 0.241 e. The van der Waals surface area contributed by atoms with E-state index in [0.29, 0.717) is 24.6 Å². The molecule has 1 aromatic heterocycles. The minimum atomic E-state index is 0.0524. The second kappa shape index (κ2) is 4.39. The molecule has 18 heavy (non-hydrogen) atoms. The molecule has 1 N–H and O–H groups in total. The Balaban J connectivity index is 1.55. The van der Waals surface area contributed by atoms with Gasteiger partial charge in [0.25, 0.3) is 0 Å². The topological polar surface area (TPSA) is 56.2 Å². The maximum absolute atomic E-state index is 12.0. The van der Waals surface area contributed by atoms with Gasteiger partial charge in [-0.3, -0.25) is 9.48 Å². The molecule has 1 amide bonds. The van der Waals surface area contributed by atoms with Crippen LogP contribution in [-0.2, 0) is 16.1 Å². The van der Waals surface area contributed by atoms with Crippen molar-refractivity contribution < 1.29 is 9.53 Å². The quantitative estimate of drug-likeness (QED) is 0.862. The van der Waals surface area contributed by atoms with E-state index in [4.69, 9.17) is 4.74 Å². The number of ether oxygens (including phenoxy) is 1. The van der Waals surface area contributed by atoms with Gasteiger partial charge < -0.3 is 10.1 Å². The molecule has 1 aliphatic carbocycles. The van der Waals surface area contributed by atoms with Gasteiger partial charge in [0, 0.05) is 24.3 Å². The van der Waals surface area contributed by atoms with Crippen molar-refractivity contribution in [2.24, 2.45) is 5.92 Å². The van der Waals surface area contributed by atoms with Crippen molar-refractivity contribution in [1.29, 1.82) is 0 Å². The number of nitrogens with zero attached hydrogens (tertiary/aromatic N) is 2. The Morgan fingerprint density at radius 1 is 1.61 bits per heavy atom. The monoisotopic (exact) mass is 249 g/mol. The van der Waals surface area contributed by atoms with Crippen molar-refractivity contribution in [3.63, 3.8) is 0 Å². The third kappa shape index (κ3) is 2.03. The molecule has 0 spiro atoms. The Kier molecular flexibility index (Phi) is 2.86. The zero-order valence-electron chi connectivity index (χ0n) is 10.8. The zero-order valence-corrected chi connectivity index (χ0v) is 10.8. The lowest BCUT2D eigenvalue weighted by Gasteiger charge is -2.39. The molecule has 5 heteroatoms. The molecule has 5 nitrogen and oxygen atoms in total. The summed E-state index contributed by atoms with van der Waals surface area (Å²) < 4.78 is 7.29. The fraction of sp³-hybridized carbons (Fsp3) is 0.692. The summed E-state index contributed by atoms with van der Waals surface area (Å²) in [7, 11) is 0. The van der Waals surface area contributed by atoms with E-state index in [0.717, 1.165) is 30.8 Å². The lowest BCUT2D eigenvalue weighted by molar-refractivity contribution is -0.124. The molecule has 0 radical (unpaired) electrons. The highest BCUT2D eigenvalue weighted by Crippen LogP contribution is 2.38. The van der Waals surface area contributed by atoms with Crippen LogP contribution < -0.4 is 5.32 Å². The summed E-state index contributed by atoms with van der Waals surface area (Å²) in [6.07, 6.45) is 2.44. The molecule has 1 saturated carbocycles. The number of hydrogen-bond acceptors (Lipinski definition) is 3. The number of aryl methyl sites for hydroxylation is 2. The minimum absolute atomic E-state index is 0.0524. The molecule has 1 aromatic rings. The van der Waals surface area contributed by atoms with Crippen LogP contribution in [0.4, 0.5) is 0 Å². The molecular formula is C13H19N3O2. The third-order valence-corrected chi connectivity index (χ3v) is 4.01. The van der Waals surface area contributed by atoms with Crippen molar-refractivity contribution in [3.05, 3.63) is 17.5 Å². The number of carbonyl (C=O) groups is 1. The van der Waals surface area contributed by atoms with Gasteiger partial charge in [-0.05, 0) is 32.8 Å². The molecule has 3 rings (SSSR count). The third-order valence-electron chi connectivity index (χ3n) is 4.01. The van der Waals surface area contributed by atoms with Crippen molar-refractivity contribution in [2.45, 2.75) is 45.4 Å². The van der Waals surface area contributed by atoms with E-state index in [9.17, 15) is 4.79 Å². The van der Waals surface area contributed by atoms with Gasteiger partial charge in [0.1, 0.15) is 6.54 Å². The molecule has 0 unspecified atom stereocenters. The zero-order chi connectivity index (χ0) is 12.7. The number of amides is 1. The first-order valence-electron chi connectivity index (χ1n) is 6.55. The Hall–Kier alpha value is -1.36. The number of rotatable bonds is 3. The summed E-state index contributed by atoms with van der Waals surface area (Å²) in [5.41, 5.74) is 1.98. The van der Waals surface area contributed by atoms with Gasteiger partial charge in [0.15, 0.2) is 0 Å². The van der Waals surface area contributed by atoms with Crippen molar-refractivity contribution in [3.8, 4) is 0 Å². The normalized spacial score (nSPS) is 29.8. The maximum atomic E-state index is 12.0. The molecule has 98 valence electrons. The molecule has 0 aromatic carbocycles. The van der Waals surface area contributed by atoms with Gasteiger partial charge in [-0.25, -0.2) is 0 Å². The number of carbonyl (C=O) groups excluding carboxylic acids is 1. The van der Waals surface area contributed by atoms with Crippen LogP contribution in [0.3, 0.4) is 0 Å². The van der Waals surface area contributed by atoms with Crippen LogP contribution in [0.1, 0.15) is 24.2 Å². The van der Waals surface area contributed by atoms with E-state index in [1.165, 1.54) is 0 Å². The summed E-state index contributed by atoms with van der Waals surface area (Å²) in [5.74, 6) is 0.589. The minimum Gasteiger partial charge on any atom is -0.378 e. The van der Waals surface area contributed by atoms with Crippen molar-refractivity contribution in [2.75, 3.05) is 6.61 Å². The number of nitrogens with one attached hydrogen (secondary N) is 1. The number of hydrogen-bond donors (Lipinski definition) is 1. The molecule has 2 aliphatic rings. The number of fused-ring (bicyclic) bond motifs is 1. The number of aromatic nitrogens is 2. The average molecular weight is 249 g/mol. The molecule has 1 aliphatic heterocycles. The van der Waals surface area contributed by atoms with Crippen molar-refractivity contribution >= 4 is 5.91 Å². The summed E-state index contributed by atoms with van der Waals surface area (Å²) in [4.78, 5) is 12.0. The molecular weight excluding hydrogens is 230 g/mol. The first-order chi connectivity index (χ1) is 8.63. The average Bonchev–Trinajstić information content (AvgIpc) is 2.79. The predicted molar refractivity (Wildman–Crippen MR) is 66.1 cm³/mol. The van der Waals surface area contributed by atoms with E-state index < -0.39 is 0 Å². The van der Waals surface area contributed by atoms with Gasteiger partial charge >= 0.3 is 0 Å². The summed E-state index contributed by atoms with van der Waals surface area (Å²) in [6.45, 7) is 5.07. The highest BCUT2D eigenvalue weighted by molar-refractivity contribution is 5.76. The Morgan fingerprint density at radius 3 is 3.11 bits per heavy atom. The van der Waals surface area contributed by atoms with Crippen LogP contribution in [0.15, 0.2) is 6.07 Å². The first-order valence-corrected chi connectivity index (χ1v) is 6.55. The van der Waals surface area contributed by atoms with E-state index >= 15 is 0 Å². The van der Waals surface area contributed by atoms with E-state index in [-0.39, 0.29) is 5.91 Å². The Labute approximate surface area is 107 Å². The second-order valence-electron chi connectivity index (χ2n) is 5.36. The van der Waals surface area contributed by atoms with Gasteiger partial charge in [0.2, 0.25) is 5.91 Å². The van der Waals surface area contributed by atoms with Gasteiger partial charge in [-0.15, -0.1) is 0 Å². The Morgan fingerprint density at radius 2 is 2.44 bits per heavy atom. The van der Waals surface area contributed by atoms with E-state index in [2.05, 4.69) is 10.4 Å². The summed E-state index contributed by atoms with van der Waals surface area (Å²) >= 11 is 0. The molecule has 0 bridgehead atoms. The van der Waals surface area contributed by atoms with E-state index in [1.54, 1.807) is 4.68 Å². The molecule has 2 heterocycles. The largest absolute Gasteiger partial charge is 0.378 e. The highest BCUT2D eigenvalue weighted by atomic mass is 16.5. The fourth-order valence-corrected chi connectivity index (χ4v) is 2.99. The van der Waals surface area contributed by atoms with Crippen LogP contribution in [0, 0.1) is 19.8 Å². The highest BCUT2D eigenvalue weighted by Gasteiger charge is 2.45. The molecule has 2 fully saturated rings. The SMILES string of the molecule is Cc1cc(C)n(CC(=O)N[C@H]2C[C@@H]3OCC[C@H]23)n1. The summed E-state index contributed by atoms with van der Waals surface area (Å²) in [6, 6.07) is 2.29. The van der Waals surface area contributed by atoms with Gasteiger partial charge in [-0.1, -0.05) is 0 Å². The van der Waals surface area contributed by atoms with E-state index in [1.807, 2.05) is 19.9 Å². The lowest BCUT2D eigenvalue weighted by Crippen LogP contribution is -2.54. The van der Waals surface area contributed by atoms with Crippen molar-refractivity contribution in [1.82, 2.24) is 15.1 Å². The van der Waals surface area contributed by atoms with Crippen LogP contribution >= 0.6 is 0 Å². The predicted octanol–water partition coefficient (Wildman–Crippen LogP) is 0.794. The smallest absolute Gasteiger partial charge is 0.241 e.